The Labute approximate surface area is 190 Å². The summed E-state index contributed by atoms with van der Waals surface area (Å²) in [5.41, 5.74) is 1.13. The highest BCUT2D eigenvalue weighted by Crippen LogP contribution is 2.37. The Morgan fingerprint density at radius 2 is 2.12 bits per heavy atom. The normalized spacial score (nSPS) is 16.3. The van der Waals surface area contributed by atoms with Crippen LogP contribution in [0.15, 0.2) is 24.5 Å². The van der Waals surface area contributed by atoms with E-state index in [0.717, 1.165) is 40.8 Å². The molecule has 2 amide bonds. The number of hydrogen-bond acceptors (Lipinski definition) is 8. The van der Waals surface area contributed by atoms with Gasteiger partial charge in [-0.3, -0.25) is 5.32 Å². The smallest absolute Gasteiger partial charge is 0.321 e. The van der Waals surface area contributed by atoms with Gasteiger partial charge in [0.15, 0.2) is 11.0 Å². The molecule has 0 radical (unpaired) electrons. The van der Waals surface area contributed by atoms with Crippen molar-refractivity contribution in [2.24, 2.45) is 0 Å². The van der Waals surface area contributed by atoms with Gasteiger partial charge in [-0.25, -0.2) is 19.7 Å². The highest BCUT2D eigenvalue weighted by Gasteiger charge is 2.21. The van der Waals surface area contributed by atoms with Gasteiger partial charge in [0.1, 0.15) is 18.0 Å². The number of benzene rings is 1. The molecule has 0 saturated carbocycles. The van der Waals surface area contributed by atoms with Crippen LogP contribution in [0.5, 0.6) is 5.75 Å². The number of rotatable bonds is 7. The number of aromatic nitrogens is 3. The zero-order valence-corrected chi connectivity index (χ0v) is 19.2. The topological polar surface area (TPSA) is 118 Å². The summed E-state index contributed by atoms with van der Waals surface area (Å²) in [4.78, 5) is 25.1. The molecule has 3 heterocycles. The predicted octanol–water partition coefficient (Wildman–Crippen LogP) is 3.68. The van der Waals surface area contributed by atoms with Crippen LogP contribution in [0.1, 0.15) is 39.4 Å². The summed E-state index contributed by atoms with van der Waals surface area (Å²) in [6, 6.07) is 3.53. The Balaban J connectivity index is 1.68. The van der Waals surface area contributed by atoms with E-state index < -0.39 is 5.60 Å². The number of anilines is 1. The van der Waals surface area contributed by atoms with Crippen molar-refractivity contribution in [3.63, 3.8) is 0 Å². The highest BCUT2D eigenvalue weighted by molar-refractivity contribution is 7.22. The lowest BCUT2D eigenvalue weighted by Gasteiger charge is -2.17. The Morgan fingerprint density at radius 1 is 1.34 bits per heavy atom. The molecule has 1 aliphatic heterocycles. The lowest BCUT2D eigenvalue weighted by atomic mass is 10.1. The van der Waals surface area contributed by atoms with Gasteiger partial charge in [0, 0.05) is 42.7 Å². The van der Waals surface area contributed by atoms with Crippen LogP contribution in [-0.4, -0.2) is 52.0 Å². The van der Waals surface area contributed by atoms with E-state index in [-0.39, 0.29) is 12.1 Å². The number of hydrogen-bond donors (Lipinski definition) is 3. The van der Waals surface area contributed by atoms with Crippen molar-refractivity contribution >= 4 is 32.7 Å². The van der Waals surface area contributed by atoms with Gasteiger partial charge in [-0.1, -0.05) is 11.3 Å². The van der Waals surface area contributed by atoms with Crippen molar-refractivity contribution in [1.29, 1.82) is 0 Å². The van der Waals surface area contributed by atoms with Crippen molar-refractivity contribution in [2.45, 2.75) is 45.3 Å². The van der Waals surface area contributed by atoms with Gasteiger partial charge in [-0.05, 0) is 39.7 Å². The maximum atomic E-state index is 11.9. The third-order valence-corrected chi connectivity index (χ3v) is 5.94. The van der Waals surface area contributed by atoms with Crippen molar-refractivity contribution in [1.82, 2.24) is 20.3 Å². The second kappa shape index (κ2) is 9.35. The Bertz CT molecular complexity index is 1090. The van der Waals surface area contributed by atoms with Gasteiger partial charge in [0.2, 0.25) is 0 Å². The van der Waals surface area contributed by atoms with Crippen LogP contribution in [-0.2, 0) is 10.3 Å². The molecule has 32 heavy (non-hydrogen) atoms. The molecule has 10 heteroatoms. The predicted molar refractivity (Wildman–Crippen MR) is 123 cm³/mol. The minimum Gasteiger partial charge on any atom is -0.490 e. The maximum Gasteiger partial charge on any atom is 0.321 e. The molecule has 0 spiro atoms. The van der Waals surface area contributed by atoms with Crippen molar-refractivity contribution < 1.29 is 19.4 Å². The van der Waals surface area contributed by atoms with Crippen LogP contribution in [0.3, 0.4) is 0 Å². The molecule has 3 aromatic rings. The van der Waals surface area contributed by atoms with Crippen LogP contribution in [0, 0.1) is 0 Å². The number of nitrogens with zero attached hydrogens (tertiary/aromatic N) is 3. The van der Waals surface area contributed by atoms with Gasteiger partial charge in [-0.2, -0.15) is 0 Å². The number of aliphatic hydroxyl groups is 1. The summed E-state index contributed by atoms with van der Waals surface area (Å²) in [5, 5.41) is 16.1. The summed E-state index contributed by atoms with van der Waals surface area (Å²) < 4.78 is 12.7. The second-order valence-electron chi connectivity index (χ2n) is 8.12. The standard InChI is InChI=1S/C22H27N5O4S/c1-4-23-20(28)27-21-26-16-8-15(13-10-24-19(25-11-13)22(2,3)29)17(9-18(16)32-21)31-12-14-6-5-7-30-14/h8-11,14,29H,4-7,12H2,1-3H3,(H2,23,26,27,28). The van der Waals surface area contributed by atoms with E-state index in [1.54, 1.807) is 26.2 Å². The molecule has 1 saturated heterocycles. The molecule has 1 fully saturated rings. The summed E-state index contributed by atoms with van der Waals surface area (Å²) in [5.74, 6) is 1.01. The second-order valence-corrected chi connectivity index (χ2v) is 9.15. The number of urea groups is 1. The highest BCUT2D eigenvalue weighted by atomic mass is 32.1. The van der Waals surface area contributed by atoms with Crippen molar-refractivity contribution in [2.75, 3.05) is 25.1 Å². The van der Waals surface area contributed by atoms with Gasteiger partial charge in [-0.15, -0.1) is 0 Å². The zero-order valence-electron chi connectivity index (χ0n) is 18.3. The number of carbonyl (C=O) groups is 1. The quantitative estimate of drug-likeness (QED) is 0.495. The fourth-order valence-corrected chi connectivity index (χ4v) is 4.27. The molecular formula is C22H27N5O4S. The Hall–Kier alpha value is -2.82. The molecular weight excluding hydrogens is 430 g/mol. The molecule has 1 aliphatic rings. The molecule has 2 aromatic heterocycles. The van der Waals surface area contributed by atoms with E-state index in [4.69, 9.17) is 9.47 Å². The van der Waals surface area contributed by atoms with Crippen LogP contribution in [0.25, 0.3) is 21.3 Å². The molecule has 1 atom stereocenters. The first-order valence-corrected chi connectivity index (χ1v) is 11.4. The average molecular weight is 458 g/mol. The maximum absolute atomic E-state index is 11.9. The first-order chi connectivity index (χ1) is 15.3. The van der Waals surface area contributed by atoms with E-state index in [2.05, 4.69) is 25.6 Å². The minimum atomic E-state index is -1.13. The largest absolute Gasteiger partial charge is 0.490 e. The fourth-order valence-electron chi connectivity index (χ4n) is 3.40. The molecule has 0 bridgehead atoms. The number of fused-ring (bicyclic) bond motifs is 1. The number of nitrogens with one attached hydrogen (secondary N) is 2. The number of amides is 2. The van der Waals surface area contributed by atoms with Crippen LogP contribution in [0.4, 0.5) is 9.93 Å². The molecule has 1 aromatic carbocycles. The van der Waals surface area contributed by atoms with Crippen LogP contribution >= 0.6 is 11.3 Å². The van der Waals surface area contributed by atoms with Gasteiger partial charge < -0.3 is 19.9 Å². The Morgan fingerprint density at radius 3 is 2.78 bits per heavy atom. The van der Waals surface area contributed by atoms with E-state index in [0.29, 0.717) is 29.9 Å². The number of carbonyl (C=O) groups excluding carboxylic acids is 1. The Kier molecular flexibility index (Phi) is 6.54. The summed E-state index contributed by atoms with van der Waals surface area (Å²) in [7, 11) is 0. The minimum absolute atomic E-state index is 0.0730. The lowest BCUT2D eigenvalue weighted by molar-refractivity contribution is 0.0680. The molecule has 9 nitrogen and oxygen atoms in total. The van der Waals surface area contributed by atoms with Crippen LogP contribution < -0.4 is 15.4 Å². The molecule has 170 valence electrons. The SMILES string of the molecule is CCNC(=O)Nc1nc2cc(-c3cnc(C(C)(C)O)nc3)c(OCC3CCCO3)cc2s1. The summed E-state index contributed by atoms with van der Waals surface area (Å²) in [6.07, 6.45) is 5.42. The average Bonchev–Trinajstić information content (AvgIpc) is 3.40. The molecule has 1 unspecified atom stereocenters. The first kappa shape index (κ1) is 22.4. The molecule has 0 aliphatic carbocycles. The van der Waals surface area contributed by atoms with Crippen LogP contribution in [0.2, 0.25) is 0 Å². The van der Waals surface area contributed by atoms with Crippen molar-refractivity contribution in [3.05, 3.63) is 30.4 Å². The summed E-state index contributed by atoms with van der Waals surface area (Å²) >= 11 is 1.37. The van der Waals surface area contributed by atoms with Crippen molar-refractivity contribution in [3.8, 4) is 16.9 Å². The lowest BCUT2D eigenvalue weighted by Crippen LogP contribution is -2.28. The third kappa shape index (κ3) is 5.14. The van der Waals surface area contributed by atoms with Gasteiger partial charge in [0.25, 0.3) is 0 Å². The number of thiazole rings is 1. The summed E-state index contributed by atoms with van der Waals surface area (Å²) in [6.45, 7) is 6.88. The molecule has 4 rings (SSSR count). The molecule has 3 N–H and O–H groups in total. The monoisotopic (exact) mass is 457 g/mol. The van der Waals surface area contributed by atoms with E-state index in [1.165, 1.54) is 11.3 Å². The zero-order chi connectivity index (χ0) is 22.7. The fraction of sp³-hybridized carbons (Fsp3) is 0.455. The number of ether oxygens (including phenoxy) is 2. The van der Waals surface area contributed by atoms with Gasteiger partial charge in [0.05, 0.1) is 16.3 Å². The van der Waals surface area contributed by atoms with E-state index >= 15 is 0 Å². The van der Waals surface area contributed by atoms with Gasteiger partial charge >= 0.3 is 6.03 Å². The third-order valence-electron chi connectivity index (χ3n) is 5.01. The van der Waals surface area contributed by atoms with E-state index in [9.17, 15) is 9.90 Å². The van der Waals surface area contributed by atoms with E-state index in [1.807, 2.05) is 19.1 Å². The first-order valence-electron chi connectivity index (χ1n) is 10.6.